The third-order valence-electron chi connectivity index (χ3n) is 3.21. The number of allylic oxidation sites excluding steroid dienone is 1. The molecule has 0 bridgehead atoms. The first-order valence-electron chi connectivity index (χ1n) is 5.14. The largest absolute Gasteiger partial charge is 0.305 e. The Kier molecular flexibility index (Phi) is 2.86. The Morgan fingerprint density at radius 2 is 1.86 bits per heavy atom. The Balaban J connectivity index is 3.02. The molecule has 2 unspecified atom stereocenters. The van der Waals surface area contributed by atoms with Crippen molar-refractivity contribution in [2.75, 3.05) is 14.1 Å². The van der Waals surface area contributed by atoms with Gasteiger partial charge in [-0.15, -0.1) is 0 Å². The number of rotatable bonds is 2. The average molecular weight is 195 g/mol. The molecule has 2 heteroatoms. The molecule has 14 heavy (non-hydrogen) atoms. The second kappa shape index (κ2) is 3.50. The molecule has 2 atom stereocenters. The Morgan fingerprint density at radius 3 is 2.29 bits per heavy atom. The van der Waals surface area contributed by atoms with Crippen LogP contribution in [0.5, 0.6) is 0 Å². The van der Waals surface area contributed by atoms with E-state index in [2.05, 4.69) is 30.9 Å². The van der Waals surface area contributed by atoms with Gasteiger partial charge in [0.05, 0.1) is 5.41 Å². The number of hydrogen-bond acceptors (Lipinski definition) is 2. The molecule has 1 aliphatic rings. The van der Waals surface area contributed by atoms with Crippen molar-refractivity contribution in [1.29, 1.82) is 0 Å². The van der Waals surface area contributed by atoms with E-state index in [4.69, 9.17) is 0 Å². The quantitative estimate of drug-likeness (QED) is 0.497. The number of nitrogens with zero attached hydrogens (tertiary/aromatic N) is 1. The van der Waals surface area contributed by atoms with E-state index in [1.54, 1.807) is 0 Å². The van der Waals surface area contributed by atoms with Crippen molar-refractivity contribution >= 4 is 6.29 Å². The van der Waals surface area contributed by atoms with Crippen molar-refractivity contribution in [2.24, 2.45) is 10.8 Å². The van der Waals surface area contributed by atoms with Crippen LogP contribution in [0.15, 0.2) is 12.2 Å². The summed E-state index contributed by atoms with van der Waals surface area (Å²) >= 11 is 0. The molecule has 2 nitrogen and oxygen atoms in total. The maximum atomic E-state index is 11.1. The lowest BCUT2D eigenvalue weighted by Gasteiger charge is -2.43. The monoisotopic (exact) mass is 195 g/mol. The molecule has 0 fully saturated rings. The molecule has 0 spiro atoms. The van der Waals surface area contributed by atoms with Crippen LogP contribution in [0.1, 0.15) is 27.2 Å². The SMILES string of the molecule is CN(C)C1CC(C)(C)C=CC1(C)C=O. The lowest BCUT2D eigenvalue weighted by atomic mass is 9.68. The van der Waals surface area contributed by atoms with Crippen LogP contribution in [-0.2, 0) is 4.79 Å². The van der Waals surface area contributed by atoms with Gasteiger partial charge in [-0.1, -0.05) is 26.0 Å². The van der Waals surface area contributed by atoms with Gasteiger partial charge in [-0.25, -0.2) is 0 Å². The fourth-order valence-corrected chi connectivity index (χ4v) is 2.16. The zero-order valence-corrected chi connectivity index (χ0v) is 9.87. The first kappa shape index (κ1) is 11.4. The van der Waals surface area contributed by atoms with Crippen molar-refractivity contribution < 1.29 is 4.79 Å². The van der Waals surface area contributed by atoms with Gasteiger partial charge in [0, 0.05) is 6.04 Å². The van der Waals surface area contributed by atoms with Crippen LogP contribution in [0.25, 0.3) is 0 Å². The predicted octanol–water partition coefficient (Wildman–Crippen LogP) is 2.11. The predicted molar refractivity (Wildman–Crippen MR) is 59.2 cm³/mol. The molecular weight excluding hydrogens is 174 g/mol. The van der Waals surface area contributed by atoms with Gasteiger partial charge < -0.3 is 9.69 Å². The van der Waals surface area contributed by atoms with Crippen LogP contribution < -0.4 is 0 Å². The van der Waals surface area contributed by atoms with Gasteiger partial charge in [-0.3, -0.25) is 0 Å². The van der Waals surface area contributed by atoms with Crippen molar-refractivity contribution in [3.8, 4) is 0 Å². The zero-order chi connectivity index (χ0) is 11.0. The highest BCUT2D eigenvalue weighted by Gasteiger charge is 2.40. The molecule has 0 aromatic heterocycles. The fraction of sp³-hybridized carbons (Fsp3) is 0.750. The van der Waals surface area contributed by atoms with Gasteiger partial charge in [0.2, 0.25) is 0 Å². The maximum Gasteiger partial charge on any atom is 0.131 e. The average Bonchev–Trinajstić information content (AvgIpc) is 2.09. The molecule has 0 amide bonds. The topological polar surface area (TPSA) is 20.3 Å². The van der Waals surface area contributed by atoms with E-state index in [0.29, 0.717) is 6.04 Å². The van der Waals surface area contributed by atoms with Crippen LogP contribution >= 0.6 is 0 Å². The maximum absolute atomic E-state index is 11.1. The molecule has 1 aliphatic carbocycles. The minimum Gasteiger partial charge on any atom is -0.305 e. The Labute approximate surface area is 87.0 Å². The van der Waals surface area contributed by atoms with Crippen LogP contribution in [-0.4, -0.2) is 31.3 Å². The highest BCUT2D eigenvalue weighted by Crippen LogP contribution is 2.40. The minimum absolute atomic E-state index is 0.206. The van der Waals surface area contributed by atoms with Gasteiger partial charge in [0.15, 0.2) is 0 Å². The normalized spacial score (nSPS) is 36.0. The molecule has 1 rings (SSSR count). The third kappa shape index (κ3) is 2.06. The second-order valence-electron chi connectivity index (χ2n) is 5.49. The van der Waals surface area contributed by atoms with E-state index in [1.807, 2.05) is 21.0 Å². The highest BCUT2D eigenvalue weighted by atomic mass is 16.1. The summed E-state index contributed by atoms with van der Waals surface area (Å²) in [7, 11) is 4.09. The van der Waals surface area contributed by atoms with Gasteiger partial charge in [-0.2, -0.15) is 0 Å². The number of hydrogen-bond donors (Lipinski definition) is 0. The molecular formula is C12H21NO. The van der Waals surface area contributed by atoms with E-state index < -0.39 is 0 Å². The summed E-state index contributed by atoms with van der Waals surface area (Å²) in [6, 6.07) is 0.306. The van der Waals surface area contributed by atoms with Crippen LogP contribution in [0.4, 0.5) is 0 Å². The molecule has 0 aromatic rings. The molecule has 0 radical (unpaired) electrons. The van der Waals surface area contributed by atoms with E-state index in [1.165, 1.54) is 0 Å². The molecule has 0 aliphatic heterocycles. The van der Waals surface area contributed by atoms with Crippen molar-refractivity contribution in [3.05, 3.63) is 12.2 Å². The standard InChI is InChI=1S/C12H21NO/c1-11(2)6-7-12(3,9-14)10(8-11)13(4)5/h6-7,9-10H,8H2,1-5H3. The Bertz CT molecular complexity index is 255. The van der Waals surface area contributed by atoms with E-state index >= 15 is 0 Å². The molecule has 0 saturated carbocycles. The van der Waals surface area contributed by atoms with E-state index in [-0.39, 0.29) is 10.8 Å². The summed E-state index contributed by atoms with van der Waals surface area (Å²) < 4.78 is 0. The van der Waals surface area contributed by atoms with Gasteiger partial charge in [0.1, 0.15) is 6.29 Å². The third-order valence-corrected chi connectivity index (χ3v) is 3.21. The van der Waals surface area contributed by atoms with Gasteiger partial charge in [0.25, 0.3) is 0 Å². The lowest BCUT2D eigenvalue weighted by molar-refractivity contribution is -0.116. The highest BCUT2D eigenvalue weighted by molar-refractivity contribution is 5.64. The van der Waals surface area contributed by atoms with Crippen LogP contribution in [0.3, 0.4) is 0 Å². The first-order chi connectivity index (χ1) is 6.31. The Morgan fingerprint density at radius 1 is 1.29 bits per heavy atom. The van der Waals surface area contributed by atoms with Crippen molar-refractivity contribution in [1.82, 2.24) is 4.90 Å². The Hall–Kier alpha value is -0.630. The lowest BCUT2D eigenvalue weighted by Crippen LogP contribution is -2.47. The molecule has 0 aromatic carbocycles. The van der Waals surface area contributed by atoms with Crippen molar-refractivity contribution in [2.45, 2.75) is 33.2 Å². The zero-order valence-electron chi connectivity index (χ0n) is 9.87. The molecule has 0 heterocycles. The van der Waals surface area contributed by atoms with Crippen LogP contribution in [0.2, 0.25) is 0 Å². The van der Waals surface area contributed by atoms with Gasteiger partial charge in [-0.05, 0) is 32.9 Å². The summed E-state index contributed by atoms with van der Waals surface area (Å²) in [6.07, 6.45) is 6.34. The molecule has 0 saturated heterocycles. The minimum atomic E-state index is -0.320. The number of aldehydes is 1. The smallest absolute Gasteiger partial charge is 0.131 e. The van der Waals surface area contributed by atoms with E-state index in [9.17, 15) is 4.79 Å². The number of carbonyl (C=O) groups excluding carboxylic acids is 1. The number of carbonyl (C=O) groups is 1. The molecule has 80 valence electrons. The summed E-state index contributed by atoms with van der Waals surface area (Å²) in [5.41, 5.74) is -0.115. The van der Waals surface area contributed by atoms with Gasteiger partial charge >= 0.3 is 0 Å². The fourth-order valence-electron chi connectivity index (χ4n) is 2.16. The van der Waals surface area contributed by atoms with Crippen molar-refractivity contribution in [3.63, 3.8) is 0 Å². The van der Waals surface area contributed by atoms with Crippen LogP contribution in [0, 0.1) is 10.8 Å². The summed E-state index contributed by atoms with van der Waals surface area (Å²) in [5, 5.41) is 0. The molecule has 0 N–H and O–H groups in total. The second-order valence-corrected chi connectivity index (χ2v) is 5.49. The van der Waals surface area contributed by atoms with E-state index in [0.717, 1.165) is 12.7 Å². The first-order valence-corrected chi connectivity index (χ1v) is 5.14. The summed E-state index contributed by atoms with van der Waals surface area (Å²) in [6.45, 7) is 6.44. The summed E-state index contributed by atoms with van der Waals surface area (Å²) in [5.74, 6) is 0. The summed E-state index contributed by atoms with van der Waals surface area (Å²) in [4.78, 5) is 13.3.